The molecule has 0 radical (unpaired) electrons. The summed E-state index contributed by atoms with van der Waals surface area (Å²) in [7, 11) is 0. The summed E-state index contributed by atoms with van der Waals surface area (Å²) in [5.41, 5.74) is 6.06. The van der Waals surface area contributed by atoms with E-state index in [0.717, 1.165) is 35.3 Å². The minimum absolute atomic E-state index is 0.0907. The Morgan fingerprint density at radius 1 is 0.677 bits per heavy atom. The fourth-order valence-electron chi connectivity index (χ4n) is 7.74. The van der Waals surface area contributed by atoms with E-state index in [2.05, 4.69) is 25.4 Å². The van der Waals surface area contributed by atoms with Gasteiger partial charge >= 0.3 is 0 Å². The summed E-state index contributed by atoms with van der Waals surface area (Å²) in [5, 5.41) is 12.4. The van der Waals surface area contributed by atoms with Crippen molar-refractivity contribution >= 4 is 86.9 Å². The summed E-state index contributed by atoms with van der Waals surface area (Å²) in [6.45, 7) is 3.59. The lowest BCUT2D eigenvalue weighted by molar-refractivity contribution is -0.134. The SMILES string of the molecule is O=C(CC1CNC1)N(C1C=NC2=C(Nc3cccc(-c4ccc5c(c4)OCCO5)c3Cl)NSC2=N1)C1C=NC2=C(Nc3cccc(-c4ccc5c(c4)OCCO5)c3Cl)NSC2=N1. The van der Waals surface area contributed by atoms with Crippen LogP contribution in [0.5, 0.6) is 23.0 Å². The smallest absolute Gasteiger partial charge is 0.226 e. The van der Waals surface area contributed by atoms with Gasteiger partial charge < -0.3 is 44.3 Å². The van der Waals surface area contributed by atoms with Crippen molar-refractivity contribution in [2.24, 2.45) is 25.9 Å². The lowest BCUT2D eigenvalue weighted by atomic mass is 9.98. The van der Waals surface area contributed by atoms with Crippen LogP contribution in [-0.2, 0) is 4.79 Å². The Balaban J connectivity index is 0.831. The van der Waals surface area contributed by atoms with E-state index in [0.29, 0.717) is 110 Å². The standard InChI is InChI=1S/C43H36Cl2N10O5S2/c44-36-25(23-7-9-29-31(16-23)59-13-11-57-29)3-1-5-27(36)49-40-38-42(61-53-40)51-33(20-47-38)55(35(56)15-22-18-46-19-22)34-21-48-39-41(54-62-43(39)52-34)50-28-6-2-4-26(37(28)45)24-8-10-30-32(17-24)60-14-12-58-30/h1-10,16-17,20-22,33-34,46,49-50,53-54H,11-15,18-19H2. The third kappa shape index (κ3) is 7.36. The van der Waals surface area contributed by atoms with Gasteiger partial charge in [-0.15, -0.1) is 0 Å². The molecule has 314 valence electrons. The topological polar surface area (TPSA) is 167 Å². The van der Waals surface area contributed by atoms with Crippen LogP contribution in [0.1, 0.15) is 6.42 Å². The highest BCUT2D eigenvalue weighted by atomic mass is 35.5. The maximum Gasteiger partial charge on any atom is 0.226 e. The Labute approximate surface area is 374 Å². The number of carbonyl (C=O) groups excluding carboxylic acids is 1. The van der Waals surface area contributed by atoms with Crippen molar-refractivity contribution in [1.82, 2.24) is 19.7 Å². The van der Waals surface area contributed by atoms with Gasteiger partial charge in [-0.3, -0.25) is 19.7 Å². The molecular weight excluding hydrogens is 872 g/mol. The van der Waals surface area contributed by atoms with Crippen molar-refractivity contribution in [3.05, 3.63) is 106 Å². The highest BCUT2D eigenvalue weighted by Crippen LogP contribution is 2.42. The molecule has 1 amide bonds. The highest BCUT2D eigenvalue weighted by Gasteiger charge is 2.38. The lowest BCUT2D eigenvalue weighted by Crippen LogP contribution is -2.52. The predicted molar refractivity (Wildman–Crippen MR) is 246 cm³/mol. The number of carbonyl (C=O) groups is 1. The number of nitrogens with zero attached hydrogens (tertiary/aromatic N) is 5. The molecule has 2 unspecified atom stereocenters. The Kier molecular flexibility index (Phi) is 10.4. The van der Waals surface area contributed by atoms with E-state index in [4.69, 9.17) is 62.1 Å². The second-order valence-corrected chi connectivity index (χ2v) is 17.3. The molecule has 4 aromatic rings. The zero-order chi connectivity index (χ0) is 41.7. The molecule has 0 aromatic heterocycles. The van der Waals surface area contributed by atoms with Crippen LogP contribution in [0.25, 0.3) is 22.3 Å². The molecule has 7 heterocycles. The second kappa shape index (κ2) is 16.4. The molecule has 7 aliphatic heterocycles. The van der Waals surface area contributed by atoms with E-state index in [-0.39, 0.29) is 11.8 Å². The molecule has 0 spiro atoms. The van der Waals surface area contributed by atoms with Crippen LogP contribution in [-0.4, -0.2) is 85.2 Å². The zero-order valence-corrected chi connectivity index (χ0v) is 35.8. The number of rotatable bonds is 10. The Hall–Kier alpha value is -5.85. The number of hydrogen-bond acceptors (Lipinski definition) is 16. The maximum atomic E-state index is 14.2. The van der Waals surface area contributed by atoms with Crippen LogP contribution in [0.2, 0.25) is 10.0 Å². The molecule has 62 heavy (non-hydrogen) atoms. The van der Waals surface area contributed by atoms with E-state index < -0.39 is 12.3 Å². The van der Waals surface area contributed by atoms with Crippen molar-refractivity contribution in [2.75, 3.05) is 50.2 Å². The molecule has 19 heteroatoms. The molecule has 1 fully saturated rings. The number of hydrogen-bond donors (Lipinski definition) is 5. The molecule has 1 saturated heterocycles. The summed E-state index contributed by atoms with van der Waals surface area (Å²) < 4.78 is 29.6. The van der Waals surface area contributed by atoms with Crippen molar-refractivity contribution in [3.63, 3.8) is 0 Å². The Morgan fingerprint density at radius 2 is 1.16 bits per heavy atom. The van der Waals surface area contributed by atoms with Crippen molar-refractivity contribution in [3.8, 4) is 45.3 Å². The van der Waals surface area contributed by atoms with Crippen molar-refractivity contribution < 1.29 is 23.7 Å². The number of benzene rings is 4. The minimum atomic E-state index is -0.726. The van der Waals surface area contributed by atoms with Crippen molar-refractivity contribution in [2.45, 2.75) is 18.8 Å². The average Bonchev–Trinajstić information content (AvgIpc) is 3.89. The fraction of sp³-hybridized carbons (Fsp3) is 0.233. The molecule has 7 aliphatic rings. The number of anilines is 2. The van der Waals surface area contributed by atoms with Gasteiger partial charge in [0.1, 0.15) is 59.6 Å². The normalized spacial score (nSPS) is 20.6. The fourth-order valence-corrected chi connectivity index (χ4v) is 9.82. The van der Waals surface area contributed by atoms with Crippen LogP contribution in [0.4, 0.5) is 11.4 Å². The summed E-state index contributed by atoms with van der Waals surface area (Å²) in [4.78, 5) is 35.6. The van der Waals surface area contributed by atoms with E-state index >= 15 is 0 Å². The van der Waals surface area contributed by atoms with Crippen LogP contribution in [0.3, 0.4) is 0 Å². The van der Waals surface area contributed by atoms with E-state index in [9.17, 15) is 4.79 Å². The molecule has 0 saturated carbocycles. The van der Waals surface area contributed by atoms with Gasteiger partial charge in [0.2, 0.25) is 5.91 Å². The summed E-state index contributed by atoms with van der Waals surface area (Å²) in [6, 6.07) is 23.2. The van der Waals surface area contributed by atoms with Crippen molar-refractivity contribution in [1.29, 1.82) is 0 Å². The van der Waals surface area contributed by atoms with Crippen LogP contribution in [0, 0.1) is 5.92 Å². The molecule has 0 aliphatic carbocycles. The monoisotopic (exact) mass is 906 g/mol. The van der Waals surface area contributed by atoms with Gasteiger partial charge in [-0.25, -0.2) is 9.98 Å². The van der Waals surface area contributed by atoms with Gasteiger partial charge in [0.25, 0.3) is 0 Å². The molecular formula is C43H36Cl2N10O5S2. The first kappa shape index (κ1) is 39.0. The first-order valence-electron chi connectivity index (χ1n) is 20.0. The second-order valence-electron chi connectivity index (χ2n) is 14.9. The summed E-state index contributed by atoms with van der Waals surface area (Å²) in [6.07, 6.45) is 2.25. The highest BCUT2D eigenvalue weighted by molar-refractivity contribution is 8.13. The largest absolute Gasteiger partial charge is 0.486 e. The van der Waals surface area contributed by atoms with Gasteiger partial charge in [0.05, 0.1) is 33.8 Å². The third-order valence-electron chi connectivity index (χ3n) is 11.0. The Bertz CT molecular complexity index is 2550. The first-order valence-corrected chi connectivity index (χ1v) is 22.3. The predicted octanol–water partition coefficient (Wildman–Crippen LogP) is 7.29. The number of nitrogens with one attached hydrogen (secondary N) is 5. The van der Waals surface area contributed by atoms with Gasteiger partial charge in [-0.1, -0.05) is 59.6 Å². The molecule has 15 nitrogen and oxygen atoms in total. The summed E-state index contributed by atoms with van der Waals surface area (Å²) in [5.74, 6) is 4.18. The van der Waals surface area contributed by atoms with Crippen LogP contribution in [0.15, 0.2) is 116 Å². The van der Waals surface area contributed by atoms with Gasteiger partial charge in [0, 0.05) is 41.4 Å². The maximum absolute atomic E-state index is 14.2. The van der Waals surface area contributed by atoms with E-state index in [1.165, 1.54) is 23.9 Å². The number of ether oxygens (including phenoxy) is 4. The molecule has 4 aromatic carbocycles. The quantitative estimate of drug-likeness (QED) is 0.101. The molecule has 2 atom stereocenters. The Morgan fingerprint density at radius 3 is 1.63 bits per heavy atom. The van der Waals surface area contributed by atoms with Crippen LogP contribution >= 0.6 is 47.1 Å². The number of halogens is 2. The third-order valence-corrected chi connectivity index (χ3v) is 13.4. The lowest BCUT2D eigenvalue weighted by Gasteiger charge is -2.35. The number of amides is 1. The van der Waals surface area contributed by atoms with Gasteiger partial charge in [0.15, 0.2) is 35.3 Å². The van der Waals surface area contributed by atoms with Gasteiger partial charge in [-0.2, -0.15) is 0 Å². The molecule has 11 rings (SSSR count). The molecule has 0 bridgehead atoms. The first-order chi connectivity index (χ1) is 30.4. The van der Waals surface area contributed by atoms with Gasteiger partial charge in [-0.05, 0) is 66.5 Å². The summed E-state index contributed by atoms with van der Waals surface area (Å²) >= 11 is 16.6. The number of fused-ring (bicyclic) bond motifs is 4. The van der Waals surface area contributed by atoms with Crippen LogP contribution < -0.4 is 44.3 Å². The minimum Gasteiger partial charge on any atom is -0.486 e. The van der Waals surface area contributed by atoms with E-state index in [1.54, 1.807) is 17.3 Å². The van der Waals surface area contributed by atoms with E-state index in [1.807, 2.05) is 72.8 Å². The molecule has 5 N–H and O–H groups in total. The zero-order valence-electron chi connectivity index (χ0n) is 32.6. The average molecular weight is 908 g/mol. The number of aliphatic imine (C=N–C) groups is 4.